The van der Waals surface area contributed by atoms with Crippen LogP contribution < -0.4 is 5.56 Å². The van der Waals surface area contributed by atoms with Crippen molar-refractivity contribution in [2.24, 2.45) is 0 Å². The molecule has 8 heteroatoms. The number of amides is 1. The Kier molecular flexibility index (Phi) is 4.40. The quantitative estimate of drug-likeness (QED) is 0.852. The molecule has 0 atom stereocenters. The van der Waals surface area contributed by atoms with Crippen LogP contribution in [0.2, 0.25) is 0 Å². The molecule has 0 bridgehead atoms. The standard InChI is InChI=1S/C13H18N4O3S/c1-7-9-11(18)14-8(6-16(2)3)15-12(9)21-10(7)13(19)17(4)20-5/h6H2,1-5H3,(H,14,15,18). The van der Waals surface area contributed by atoms with Crippen molar-refractivity contribution < 1.29 is 9.63 Å². The van der Waals surface area contributed by atoms with Crippen LogP contribution in [0.25, 0.3) is 10.2 Å². The number of nitrogens with one attached hydrogen (secondary N) is 1. The predicted octanol–water partition coefficient (Wildman–Crippen LogP) is 0.988. The van der Waals surface area contributed by atoms with Crippen molar-refractivity contribution in [3.63, 3.8) is 0 Å². The van der Waals surface area contributed by atoms with E-state index >= 15 is 0 Å². The van der Waals surface area contributed by atoms with Crippen LogP contribution in [-0.4, -0.2) is 54.1 Å². The summed E-state index contributed by atoms with van der Waals surface area (Å²) in [4.78, 5) is 39.5. The number of carbonyl (C=O) groups excluding carboxylic acids is 1. The average molecular weight is 310 g/mol. The minimum absolute atomic E-state index is 0.218. The third-order valence-corrected chi connectivity index (χ3v) is 4.24. The molecule has 0 aliphatic heterocycles. The number of carbonyl (C=O) groups is 1. The molecule has 0 aliphatic carbocycles. The van der Waals surface area contributed by atoms with Gasteiger partial charge in [-0.1, -0.05) is 0 Å². The van der Waals surface area contributed by atoms with Gasteiger partial charge in [0.25, 0.3) is 11.5 Å². The maximum atomic E-state index is 12.2. The Balaban J connectivity index is 2.57. The zero-order valence-corrected chi connectivity index (χ0v) is 13.5. The van der Waals surface area contributed by atoms with Crippen LogP contribution in [0.4, 0.5) is 0 Å². The van der Waals surface area contributed by atoms with E-state index < -0.39 is 0 Å². The second-order valence-electron chi connectivity index (χ2n) is 4.97. The summed E-state index contributed by atoms with van der Waals surface area (Å²) >= 11 is 1.21. The van der Waals surface area contributed by atoms with Crippen molar-refractivity contribution in [3.05, 3.63) is 26.6 Å². The van der Waals surface area contributed by atoms with Crippen molar-refractivity contribution >= 4 is 27.5 Å². The molecular formula is C13H18N4O3S. The number of H-pyrrole nitrogens is 1. The van der Waals surface area contributed by atoms with Gasteiger partial charge in [0.1, 0.15) is 15.5 Å². The van der Waals surface area contributed by atoms with Crippen LogP contribution in [0.1, 0.15) is 21.1 Å². The maximum absolute atomic E-state index is 12.2. The fraction of sp³-hybridized carbons (Fsp3) is 0.462. The first-order chi connectivity index (χ1) is 9.85. The Labute approximate surface area is 126 Å². The highest BCUT2D eigenvalue weighted by Gasteiger charge is 2.22. The van der Waals surface area contributed by atoms with Gasteiger partial charge in [0.15, 0.2) is 0 Å². The van der Waals surface area contributed by atoms with E-state index in [-0.39, 0.29) is 11.5 Å². The van der Waals surface area contributed by atoms with Gasteiger partial charge >= 0.3 is 0 Å². The Morgan fingerprint density at radius 1 is 1.38 bits per heavy atom. The summed E-state index contributed by atoms with van der Waals surface area (Å²) in [5.74, 6) is 0.296. The number of rotatable bonds is 4. The van der Waals surface area contributed by atoms with Crippen molar-refractivity contribution in [1.82, 2.24) is 19.9 Å². The minimum Gasteiger partial charge on any atom is -0.309 e. The summed E-state index contributed by atoms with van der Waals surface area (Å²) in [7, 11) is 6.74. The molecule has 114 valence electrons. The molecular weight excluding hydrogens is 292 g/mol. The van der Waals surface area contributed by atoms with E-state index in [1.165, 1.54) is 25.5 Å². The number of hydrogen-bond acceptors (Lipinski definition) is 6. The van der Waals surface area contributed by atoms with Crippen molar-refractivity contribution in [2.75, 3.05) is 28.3 Å². The zero-order valence-electron chi connectivity index (χ0n) is 12.7. The smallest absolute Gasteiger partial charge is 0.287 e. The van der Waals surface area contributed by atoms with Gasteiger partial charge in [-0.05, 0) is 26.6 Å². The number of thiophene rings is 1. The molecule has 0 radical (unpaired) electrons. The van der Waals surface area contributed by atoms with Crippen LogP contribution in [0.3, 0.4) is 0 Å². The summed E-state index contributed by atoms with van der Waals surface area (Å²) in [6.45, 7) is 2.28. The molecule has 0 fully saturated rings. The lowest BCUT2D eigenvalue weighted by atomic mass is 10.2. The number of aromatic amines is 1. The van der Waals surface area contributed by atoms with E-state index in [1.54, 1.807) is 6.92 Å². The summed E-state index contributed by atoms with van der Waals surface area (Å²) in [6.07, 6.45) is 0. The first kappa shape index (κ1) is 15.6. The Morgan fingerprint density at radius 2 is 2.05 bits per heavy atom. The lowest BCUT2D eigenvalue weighted by Gasteiger charge is -2.12. The van der Waals surface area contributed by atoms with Crippen LogP contribution in [0.5, 0.6) is 0 Å². The highest BCUT2D eigenvalue weighted by molar-refractivity contribution is 7.20. The largest absolute Gasteiger partial charge is 0.309 e. The summed E-state index contributed by atoms with van der Waals surface area (Å²) in [5, 5.41) is 1.60. The van der Waals surface area contributed by atoms with Gasteiger partial charge in [-0.3, -0.25) is 14.4 Å². The number of aromatic nitrogens is 2. The van der Waals surface area contributed by atoms with Crippen molar-refractivity contribution in [1.29, 1.82) is 0 Å². The van der Waals surface area contributed by atoms with E-state index in [0.717, 1.165) is 5.06 Å². The molecule has 1 amide bonds. The zero-order chi connectivity index (χ0) is 15.7. The number of aryl methyl sites for hydroxylation is 1. The topological polar surface area (TPSA) is 78.5 Å². The molecule has 0 unspecified atom stereocenters. The molecule has 7 nitrogen and oxygen atoms in total. The monoisotopic (exact) mass is 310 g/mol. The minimum atomic E-state index is -0.286. The van der Waals surface area contributed by atoms with Gasteiger partial charge in [0, 0.05) is 7.05 Å². The first-order valence-electron chi connectivity index (χ1n) is 6.34. The highest BCUT2D eigenvalue weighted by Crippen LogP contribution is 2.28. The van der Waals surface area contributed by atoms with Gasteiger partial charge in [0.05, 0.1) is 19.0 Å². The summed E-state index contributed by atoms with van der Waals surface area (Å²) in [5.41, 5.74) is 0.416. The van der Waals surface area contributed by atoms with Crippen molar-refractivity contribution in [3.8, 4) is 0 Å². The lowest BCUT2D eigenvalue weighted by Crippen LogP contribution is -2.25. The van der Waals surface area contributed by atoms with E-state index in [4.69, 9.17) is 4.84 Å². The van der Waals surface area contributed by atoms with E-state index in [0.29, 0.717) is 33.0 Å². The van der Waals surface area contributed by atoms with Crippen LogP contribution in [-0.2, 0) is 11.4 Å². The van der Waals surface area contributed by atoms with Crippen LogP contribution in [0.15, 0.2) is 4.79 Å². The molecule has 2 aromatic rings. The van der Waals surface area contributed by atoms with Gasteiger partial charge < -0.3 is 9.88 Å². The van der Waals surface area contributed by atoms with E-state index in [2.05, 4.69) is 9.97 Å². The third kappa shape index (κ3) is 2.97. The number of nitrogens with zero attached hydrogens (tertiary/aromatic N) is 3. The molecule has 0 aliphatic rings. The molecule has 0 spiro atoms. The maximum Gasteiger partial charge on any atom is 0.287 e. The van der Waals surface area contributed by atoms with Gasteiger partial charge in [0.2, 0.25) is 0 Å². The van der Waals surface area contributed by atoms with Crippen LogP contribution in [0, 0.1) is 6.92 Å². The fourth-order valence-corrected chi connectivity index (χ4v) is 3.16. The molecule has 0 saturated heterocycles. The Hall–Kier alpha value is -1.77. The van der Waals surface area contributed by atoms with Crippen LogP contribution >= 0.6 is 11.3 Å². The number of hydrogen-bond donors (Lipinski definition) is 1. The third-order valence-electron chi connectivity index (χ3n) is 3.07. The normalized spacial score (nSPS) is 11.3. The second-order valence-corrected chi connectivity index (χ2v) is 5.97. The summed E-state index contributed by atoms with van der Waals surface area (Å²) in [6, 6.07) is 0. The summed E-state index contributed by atoms with van der Waals surface area (Å²) < 4.78 is 0. The van der Waals surface area contributed by atoms with Crippen molar-refractivity contribution in [2.45, 2.75) is 13.5 Å². The van der Waals surface area contributed by atoms with E-state index in [9.17, 15) is 9.59 Å². The molecule has 21 heavy (non-hydrogen) atoms. The SMILES string of the molecule is CON(C)C(=O)c1sc2nc(CN(C)C)[nH]c(=O)c2c1C. The molecule has 0 aromatic carbocycles. The molecule has 2 aromatic heterocycles. The molecule has 2 heterocycles. The highest BCUT2D eigenvalue weighted by atomic mass is 32.1. The van der Waals surface area contributed by atoms with Gasteiger partial charge in [-0.15, -0.1) is 11.3 Å². The fourth-order valence-electron chi connectivity index (χ4n) is 1.99. The van der Waals surface area contributed by atoms with Gasteiger partial charge in [-0.25, -0.2) is 10.0 Å². The lowest BCUT2D eigenvalue weighted by molar-refractivity contribution is -0.0754. The molecule has 1 N–H and O–H groups in total. The Bertz CT molecular complexity index is 735. The average Bonchev–Trinajstić information content (AvgIpc) is 2.73. The Morgan fingerprint density at radius 3 is 2.62 bits per heavy atom. The van der Waals surface area contributed by atoms with Gasteiger partial charge in [-0.2, -0.15) is 0 Å². The number of fused-ring (bicyclic) bond motifs is 1. The molecule has 2 rings (SSSR count). The first-order valence-corrected chi connectivity index (χ1v) is 7.16. The number of hydroxylamine groups is 2. The second kappa shape index (κ2) is 5.92. The predicted molar refractivity (Wildman–Crippen MR) is 81.5 cm³/mol. The van der Waals surface area contributed by atoms with E-state index in [1.807, 2.05) is 19.0 Å². The molecule has 0 saturated carbocycles.